The van der Waals surface area contributed by atoms with Crippen molar-refractivity contribution in [3.05, 3.63) is 0 Å². The maximum Gasteiger partial charge on any atom is 0.303 e. The van der Waals surface area contributed by atoms with Gasteiger partial charge in [0.2, 0.25) is 0 Å². The molecule has 0 bridgehead atoms. The van der Waals surface area contributed by atoms with E-state index in [1.807, 2.05) is 0 Å². The van der Waals surface area contributed by atoms with Crippen molar-refractivity contribution >= 4 is 35.0 Å². The van der Waals surface area contributed by atoms with Crippen LogP contribution in [-0.2, 0) is 4.79 Å². The van der Waals surface area contributed by atoms with Crippen LogP contribution in [0.5, 0.6) is 0 Å². The van der Waals surface area contributed by atoms with E-state index in [1.54, 1.807) is 0 Å². The van der Waals surface area contributed by atoms with Gasteiger partial charge in [0, 0.05) is 10.6 Å². The third kappa shape index (κ3) is 19.9. The van der Waals surface area contributed by atoms with Gasteiger partial charge in [-0.1, -0.05) is 89.3 Å². The molecule has 22 heavy (non-hydrogen) atoms. The van der Waals surface area contributed by atoms with Crippen LogP contribution in [0.3, 0.4) is 0 Å². The molecule has 1 N–H and O–H groups in total. The monoisotopic (exact) mass is 346 g/mol. The Hall–Kier alpha value is -0.0900. The minimum atomic E-state index is -0.662. The van der Waals surface area contributed by atoms with Gasteiger partial charge in [-0.05, 0) is 19.3 Å². The van der Waals surface area contributed by atoms with Crippen LogP contribution in [0.2, 0.25) is 0 Å². The molecule has 0 aromatic rings. The van der Waals surface area contributed by atoms with Crippen LogP contribution < -0.4 is 0 Å². The number of hydrogen-bond acceptors (Lipinski definition) is 2. The SMILES string of the molecule is O=C(O)CCCCCCCCCCCCCCCCC(=S)S. The minimum Gasteiger partial charge on any atom is -0.481 e. The van der Waals surface area contributed by atoms with Crippen molar-refractivity contribution in [1.29, 1.82) is 0 Å². The van der Waals surface area contributed by atoms with E-state index in [9.17, 15) is 4.79 Å². The molecule has 0 fully saturated rings. The Kier molecular flexibility index (Phi) is 17.2. The maximum absolute atomic E-state index is 10.4. The fourth-order valence-corrected chi connectivity index (χ4v) is 2.98. The number of thiocarbonyl (C=S) groups is 1. The summed E-state index contributed by atoms with van der Waals surface area (Å²) in [5, 5.41) is 8.53. The van der Waals surface area contributed by atoms with Gasteiger partial charge >= 0.3 is 5.97 Å². The molecule has 0 rings (SSSR count). The predicted molar refractivity (Wildman–Crippen MR) is 103 cm³/mol. The number of aliphatic carboxylic acids is 1. The standard InChI is InChI=1S/C18H34O2S2/c19-17(20)15-13-11-9-7-5-3-1-2-4-6-8-10-12-14-16-18(21)22/h1-16H2,(H,19,20)(H,21,22). The van der Waals surface area contributed by atoms with Crippen molar-refractivity contribution < 1.29 is 9.90 Å². The summed E-state index contributed by atoms with van der Waals surface area (Å²) in [4.78, 5) is 10.4. The highest BCUT2D eigenvalue weighted by atomic mass is 32.1. The van der Waals surface area contributed by atoms with Crippen molar-refractivity contribution in [2.45, 2.75) is 103 Å². The molecule has 4 heteroatoms. The quantitative estimate of drug-likeness (QED) is 0.178. The zero-order valence-electron chi connectivity index (χ0n) is 14.0. The molecule has 0 atom stereocenters. The second kappa shape index (κ2) is 17.3. The number of carbonyl (C=O) groups is 1. The molecule has 0 aromatic carbocycles. The summed E-state index contributed by atoms with van der Waals surface area (Å²) in [6, 6.07) is 0. The lowest BCUT2D eigenvalue weighted by Gasteiger charge is -2.03. The Morgan fingerprint density at radius 3 is 1.18 bits per heavy atom. The third-order valence-corrected chi connectivity index (χ3v) is 4.46. The Morgan fingerprint density at radius 2 is 0.909 bits per heavy atom. The maximum atomic E-state index is 10.4. The van der Waals surface area contributed by atoms with Gasteiger partial charge in [0.25, 0.3) is 0 Å². The Balaban J connectivity index is 2.99. The lowest BCUT2D eigenvalue weighted by Crippen LogP contribution is -1.93. The molecule has 0 aliphatic heterocycles. The van der Waals surface area contributed by atoms with Crippen LogP contribution in [0.15, 0.2) is 0 Å². The Morgan fingerprint density at radius 1 is 0.636 bits per heavy atom. The smallest absolute Gasteiger partial charge is 0.303 e. The van der Waals surface area contributed by atoms with Crippen LogP contribution in [0.25, 0.3) is 0 Å². The van der Waals surface area contributed by atoms with Crippen molar-refractivity contribution in [2.75, 3.05) is 0 Å². The highest BCUT2D eigenvalue weighted by Gasteiger charge is 1.97. The largest absolute Gasteiger partial charge is 0.481 e. The Bertz CT molecular complexity index is 252. The van der Waals surface area contributed by atoms with Crippen molar-refractivity contribution in [3.63, 3.8) is 0 Å². The van der Waals surface area contributed by atoms with E-state index < -0.39 is 5.97 Å². The first-order valence-corrected chi connectivity index (χ1v) is 9.92. The number of rotatable bonds is 17. The van der Waals surface area contributed by atoms with Crippen LogP contribution in [0, 0.1) is 0 Å². The molecule has 0 spiro atoms. The summed E-state index contributed by atoms with van der Waals surface area (Å²) < 4.78 is 0.849. The van der Waals surface area contributed by atoms with Gasteiger partial charge < -0.3 is 5.11 Å². The normalized spacial score (nSPS) is 10.8. The van der Waals surface area contributed by atoms with E-state index in [0.29, 0.717) is 6.42 Å². The van der Waals surface area contributed by atoms with Gasteiger partial charge in [-0.3, -0.25) is 4.79 Å². The number of unbranched alkanes of at least 4 members (excludes halogenated alkanes) is 13. The molecule has 0 aromatic heterocycles. The van der Waals surface area contributed by atoms with Crippen LogP contribution >= 0.6 is 24.8 Å². The van der Waals surface area contributed by atoms with E-state index in [-0.39, 0.29) is 0 Å². The van der Waals surface area contributed by atoms with E-state index in [1.165, 1.54) is 77.0 Å². The summed E-state index contributed by atoms with van der Waals surface area (Å²) in [6.07, 6.45) is 19.1. The molecule has 0 aliphatic carbocycles. The fraction of sp³-hybridized carbons (Fsp3) is 0.889. The van der Waals surface area contributed by atoms with Crippen LogP contribution in [0.1, 0.15) is 103 Å². The second-order valence-corrected chi connectivity index (χ2v) is 7.57. The van der Waals surface area contributed by atoms with Crippen molar-refractivity contribution in [2.24, 2.45) is 0 Å². The van der Waals surface area contributed by atoms with Gasteiger partial charge in [-0.25, -0.2) is 0 Å². The third-order valence-electron chi connectivity index (χ3n) is 4.03. The highest BCUT2D eigenvalue weighted by molar-refractivity contribution is 8.11. The molecular weight excluding hydrogens is 312 g/mol. The summed E-state index contributed by atoms with van der Waals surface area (Å²) in [5.74, 6) is -0.662. The fourth-order valence-electron chi connectivity index (χ4n) is 2.67. The van der Waals surface area contributed by atoms with E-state index in [0.717, 1.165) is 23.5 Å². The summed E-state index contributed by atoms with van der Waals surface area (Å²) in [7, 11) is 0. The summed E-state index contributed by atoms with van der Waals surface area (Å²) in [5.41, 5.74) is 0. The van der Waals surface area contributed by atoms with Crippen molar-refractivity contribution in [3.8, 4) is 0 Å². The predicted octanol–water partition coefficient (Wildman–Crippen LogP) is 6.57. The first-order valence-electron chi connectivity index (χ1n) is 9.06. The zero-order valence-corrected chi connectivity index (χ0v) is 15.7. The summed E-state index contributed by atoms with van der Waals surface area (Å²) in [6.45, 7) is 0. The lowest BCUT2D eigenvalue weighted by molar-refractivity contribution is -0.137. The minimum absolute atomic E-state index is 0.335. The average Bonchev–Trinajstić information content (AvgIpc) is 2.46. The zero-order chi connectivity index (χ0) is 16.5. The highest BCUT2D eigenvalue weighted by Crippen LogP contribution is 2.14. The van der Waals surface area contributed by atoms with Gasteiger partial charge in [-0.15, -0.1) is 12.6 Å². The molecule has 0 unspecified atom stereocenters. The first kappa shape index (κ1) is 21.9. The molecule has 0 radical (unpaired) electrons. The lowest BCUT2D eigenvalue weighted by atomic mass is 10.0. The van der Waals surface area contributed by atoms with Gasteiger partial charge in [-0.2, -0.15) is 0 Å². The van der Waals surface area contributed by atoms with E-state index in [2.05, 4.69) is 12.6 Å². The van der Waals surface area contributed by atoms with E-state index in [4.69, 9.17) is 17.3 Å². The number of carboxylic acids is 1. The molecule has 0 heterocycles. The van der Waals surface area contributed by atoms with Crippen LogP contribution in [0.4, 0.5) is 0 Å². The topological polar surface area (TPSA) is 37.3 Å². The Labute approximate surface area is 147 Å². The average molecular weight is 347 g/mol. The molecule has 0 aliphatic rings. The second-order valence-electron chi connectivity index (χ2n) is 6.24. The van der Waals surface area contributed by atoms with Crippen LogP contribution in [-0.4, -0.2) is 15.3 Å². The first-order chi connectivity index (χ1) is 10.6. The molecule has 2 nitrogen and oxygen atoms in total. The van der Waals surface area contributed by atoms with Gasteiger partial charge in [0.05, 0.1) is 0 Å². The number of hydrogen-bond donors (Lipinski definition) is 2. The summed E-state index contributed by atoms with van der Waals surface area (Å²) >= 11 is 9.08. The number of carboxylic acid groups (broad SMARTS) is 1. The van der Waals surface area contributed by atoms with Crippen molar-refractivity contribution in [1.82, 2.24) is 0 Å². The molecule has 0 saturated heterocycles. The molecule has 130 valence electrons. The van der Waals surface area contributed by atoms with Gasteiger partial charge in [0.15, 0.2) is 0 Å². The molecular formula is C18H34O2S2. The molecule has 0 amide bonds. The number of thiol groups is 1. The van der Waals surface area contributed by atoms with Gasteiger partial charge in [0.1, 0.15) is 0 Å². The molecule has 0 saturated carbocycles. The van der Waals surface area contributed by atoms with E-state index >= 15 is 0 Å².